The highest BCUT2D eigenvalue weighted by molar-refractivity contribution is 5.80. The van der Waals surface area contributed by atoms with Crippen LogP contribution < -0.4 is 4.74 Å². The van der Waals surface area contributed by atoms with Crippen LogP contribution >= 0.6 is 0 Å². The quantitative estimate of drug-likeness (QED) is 0.406. The van der Waals surface area contributed by atoms with Crippen molar-refractivity contribution in [1.29, 1.82) is 0 Å². The average molecular weight is 467 g/mol. The number of alkyl halides is 3. The smallest absolute Gasteiger partial charge is 0.406 e. The summed E-state index contributed by atoms with van der Waals surface area (Å²) in [4.78, 5) is 14.6. The van der Waals surface area contributed by atoms with Gasteiger partial charge in [0.1, 0.15) is 11.4 Å². The van der Waals surface area contributed by atoms with Crippen LogP contribution in [0, 0.1) is 0 Å². The maximum absolute atomic E-state index is 13.1. The molecule has 1 amide bonds. The number of carbonyl (C=O) groups excluding carboxylic acids is 1. The van der Waals surface area contributed by atoms with Crippen LogP contribution in [0.15, 0.2) is 97.2 Å². The summed E-state index contributed by atoms with van der Waals surface area (Å²) >= 11 is 0. The fourth-order valence-corrected chi connectivity index (χ4v) is 3.87. The van der Waals surface area contributed by atoms with Crippen molar-refractivity contribution < 1.29 is 27.4 Å². The Morgan fingerprint density at radius 3 is 2.03 bits per heavy atom. The maximum Gasteiger partial charge on any atom is 0.573 e. The van der Waals surface area contributed by atoms with Gasteiger partial charge in [0.05, 0.1) is 19.6 Å². The molecule has 3 aromatic rings. The number of ether oxygens (including phenoxy) is 2. The van der Waals surface area contributed by atoms with Crippen LogP contribution in [-0.2, 0) is 29.1 Å². The molecule has 1 unspecified atom stereocenters. The Kier molecular flexibility index (Phi) is 7.03. The molecule has 1 atom stereocenters. The van der Waals surface area contributed by atoms with Crippen molar-refractivity contribution in [1.82, 2.24) is 4.90 Å². The molecule has 7 heteroatoms. The van der Waals surface area contributed by atoms with E-state index in [2.05, 4.69) is 4.74 Å². The highest BCUT2D eigenvalue weighted by atomic mass is 19.4. The molecular formula is C27H24F3NO3. The van der Waals surface area contributed by atoms with Crippen molar-refractivity contribution >= 4 is 5.91 Å². The Balaban J connectivity index is 1.49. The summed E-state index contributed by atoms with van der Waals surface area (Å²) in [5.41, 5.74) is 1.96. The molecule has 0 saturated heterocycles. The number of carbonyl (C=O) groups is 1. The van der Waals surface area contributed by atoms with Crippen LogP contribution in [0.2, 0.25) is 0 Å². The normalized spacial score (nSPS) is 18.2. The molecule has 1 aliphatic rings. The van der Waals surface area contributed by atoms with Gasteiger partial charge < -0.3 is 14.4 Å². The van der Waals surface area contributed by atoms with E-state index in [-0.39, 0.29) is 24.6 Å². The molecule has 0 fully saturated rings. The molecule has 0 aromatic heterocycles. The molecule has 1 heterocycles. The third-order valence-corrected chi connectivity index (χ3v) is 5.55. The lowest BCUT2D eigenvalue weighted by Crippen LogP contribution is -2.43. The zero-order valence-electron chi connectivity index (χ0n) is 18.4. The Labute approximate surface area is 196 Å². The largest absolute Gasteiger partial charge is 0.573 e. The van der Waals surface area contributed by atoms with Crippen LogP contribution in [0.3, 0.4) is 0 Å². The Morgan fingerprint density at radius 1 is 0.824 bits per heavy atom. The molecule has 0 saturated carbocycles. The van der Waals surface area contributed by atoms with Gasteiger partial charge in [-0.25, -0.2) is 0 Å². The molecule has 4 nitrogen and oxygen atoms in total. The molecule has 0 N–H and O–H groups in total. The van der Waals surface area contributed by atoms with E-state index in [0.717, 1.165) is 11.1 Å². The summed E-state index contributed by atoms with van der Waals surface area (Å²) < 4.78 is 47.3. The second kappa shape index (κ2) is 10.1. The van der Waals surface area contributed by atoms with Crippen LogP contribution in [0.25, 0.3) is 0 Å². The number of hydrogen-bond donors (Lipinski definition) is 0. The molecule has 0 radical (unpaired) electrons. The van der Waals surface area contributed by atoms with E-state index in [0.29, 0.717) is 18.6 Å². The highest BCUT2D eigenvalue weighted by Gasteiger charge is 2.37. The van der Waals surface area contributed by atoms with Crippen molar-refractivity contribution in [2.24, 2.45) is 0 Å². The van der Waals surface area contributed by atoms with Gasteiger partial charge in [-0.15, -0.1) is 13.2 Å². The molecule has 4 rings (SSSR count). The van der Waals surface area contributed by atoms with Gasteiger partial charge in [-0.05, 0) is 34.9 Å². The van der Waals surface area contributed by atoms with Gasteiger partial charge in [0, 0.05) is 12.6 Å². The number of benzene rings is 3. The molecule has 0 bridgehead atoms. The van der Waals surface area contributed by atoms with E-state index in [1.54, 1.807) is 11.1 Å². The minimum Gasteiger partial charge on any atom is -0.406 e. The van der Waals surface area contributed by atoms with Gasteiger partial charge in [0.25, 0.3) is 0 Å². The third-order valence-electron chi connectivity index (χ3n) is 5.55. The summed E-state index contributed by atoms with van der Waals surface area (Å²) in [6.07, 6.45) is -0.430. The van der Waals surface area contributed by atoms with E-state index < -0.39 is 12.0 Å². The highest BCUT2D eigenvalue weighted by Crippen LogP contribution is 2.31. The van der Waals surface area contributed by atoms with Gasteiger partial charge in [-0.2, -0.15) is 0 Å². The van der Waals surface area contributed by atoms with Gasteiger partial charge in [0.15, 0.2) is 0 Å². The Morgan fingerprint density at radius 2 is 1.44 bits per heavy atom. The lowest BCUT2D eigenvalue weighted by atomic mass is 9.88. The lowest BCUT2D eigenvalue weighted by molar-refractivity contribution is -0.274. The first-order valence-electron chi connectivity index (χ1n) is 10.9. The second-order valence-electron chi connectivity index (χ2n) is 8.21. The van der Waals surface area contributed by atoms with Crippen LogP contribution in [-0.4, -0.2) is 22.8 Å². The fraction of sp³-hybridized carbons (Fsp3) is 0.222. The van der Waals surface area contributed by atoms with Gasteiger partial charge in [0.2, 0.25) is 5.91 Å². The van der Waals surface area contributed by atoms with Crippen LogP contribution in [0.5, 0.6) is 5.75 Å². The van der Waals surface area contributed by atoms with Crippen LogP contribution in [0.4, 0.5) is 13.2 Å². The van der Waals surface area contributed by atoms with Gasteiger partial charge >= 0.3 is 6.36 Å². The molecule has 0 aliphatic carbocycles. The number of amides is 1. The van der Waals surface area contributed by atoms with E-state index in [4.69, 9.17) is 4.74 Å². The monoisotopic (exact) mass is 467 g/mol. The molecular weight excluding hydrogens is 443 g/mol. The lowest BCUT2D eigenvalue weighted by Gasteiger charge is -2.36. The minimum atomic E-state index is -4.74. The van der Waals surface area contributed by atoms with Crippen molar-refractivity contribution in [3.05, 3.63) is 114 Å². The number of halogens is 3. The number of nitrogens with zero attached hydrogens (tertiary/aromatic N) is 1. The van der Waals surface area contributed by atoms with Crippen molar-refractivity contribution in [3.8, 4) is 5.75 Å². The number of hydrogen-bond acceptors (Lipinski definition) is 3. The summed E-state index contributed by atoms with van der Waals surface area (Å²) in [7, 11) is 0. The first-order valence-corrected chi connectivity index (χ1v) is 10.9. The molecule has 176 valence electrons. The van der Waals surface area contributed by atoms with E-state index >= 15 is 0 Å². The van der Waals surface area contributed by atoms with Gasteiger partial charge in [-0.1, -0.05) is 72.8 Å². The second-order valence-corrected chi connectivity index (χ2v) is 8.21. The first kappa shape index (κ1) is 23.6. The first-order chi connectivity index (χ1) is 16.3. The molecule has 3 aromatic carbocycles. The third kappa shape index (κ3) is 6.48. The number of rotatable bonds is 8. The molecule has 0 spiro atoms. The van der Waals surface area contributed by atoms with Gasteiger partial charge in [-0.3, -0.25) is 4.79 Å². The van der Waals surface area contributed by atoms with Crippen LogP contribution in [0.1, 0.15) is 23.1 Å². The van der Waals surface area contributed by atoms with E-state index in [1.165, 1.54) is 24.3 Å². The Bertz CT molecular complexity index is 1120. The summed E-state index contributed by atoms with van der Waals surface area (Å²) in [5, 5.41) is 0. The Hall–Kier alpha value is -3.58. The summed E-state index contributed by atoms with van der Waals surface area (Å²) in [6.45, 7) is 0.605. The predicted octanol–water partition coefficient (Wildman–Crippen LogP) is 6.03. The fourth-order valence-electron chi connectivity index (χ4n) is 3.87. The van der Waals surface area contributed by atoms with Crippen molar-refractivity contribution in [3.63, 3.8) is 0 Å². The molecule has 1 aliphatic heterocycles. The zero-order valence-corrected chi connectivity index (χ0v) is 18.4. The predicted molar refractivity (Wildman–Crippen MR) is 122 cm³/mol. The van der Waals surface area contributed by atoms with Crippen molar-refractivity contribution in [2.75, 3.05) is 0 Å². The molecule has 34 heavy (non-hydrogen) atoms. The standard InChI is InChI=1S/C27H24F3NO3/c28-27(29,30)34-24-13-11-22(12-14-24)19-31-16-15-26(18-25(31)32,17-21-7-3-1-4-8-21)33-20-23-9-5-2-6-10-23/h1-16H,17-20H2. The van der Waals surface area contributed by atoms with E-state index in [9.17, 15) is 18.0 Å². The van der Waals surface area contributed by atoms with E-state index in [1.807, 2.05) is 66.7 Å². The minimum absolute atomic E-state index is 0.123. The topological polar surface area (TPSA) is 38.8 Å². The zero-order chi connectivity index (χ0) is 24.0. The van der Waals surface area contributed by atoms with Crippen molar-refractivity contribution in [2.45, 2.75) is 38.0 Å². The average Bonchev–Trinajstić information content (AvgIpc) is 2.81. The summed E-state index contributed by atoms with van der Waals surface area (Å²) in [6, 6.07) is 25.1. The summed E-state index contributed by atoms with van der Waals surface area (Å²) in [5.74, 6) is -0.421. The SMILES string of the molecule is O=C1CC(Cc2ccccc2)(OCc2ccccc2)C=CN1Cc1ccc(OC(F)(F)F)cc1. The maximum atomic E-state index is 13.1.